The van der Waals surface area contributed by atoms with E-state index in [4.69, 9.17) is 5.11 Å². The van der Waals surface area contributed by atoms with Crippen LogP contribution < -0.4 is 5.56 Å². The van der Waals surface area contributed by atoms with E-state index >= 15 is 0 Å². The van der Waals surface area contributed by atoms with Crippen LogP contribution in [0.5, 0.6) is 5.75 Å². The highest BCUT2D eigenvalue weighted by Gasteiger charge is 2.01. The first-order valence-corrected chi connectivity index (χ1v) is 3.85. The van der Waals surface area contributed by atoms with Crippen LogP contribution in [0.4, 0.5) is 0 Å². The van der Waals surface area contributed by atoms with Gasteiger partial charge in [0.25, 0.3) is 5.56 Å². The molecule has 2 heterocycles. The number of rotatable bonds is 0. The van der Waals surface area contributed by atoms with Gasteiger partial charge in [0.1, 0.15) is 5.65 Å². The van der Waals surface area contributed by atoms with Crippen LogP contribution in [0.1, 0.15) is 5.56 Å². The van der Waals surface area contributed by atoms with Crippen LogP contribution in [0.15, 0.2) is 29.3 Å². The summed E-state index contributed by atoms with van der Waals surface area (Å²) in [5.74, 6) is -0.330. The predicted molar refractivity (Wildman–Crippen MR) is 47.9 cm³/mol. The maximum absolute atomic E-state index is 11.4. The minimum Gasteiger partial charge on any atom is -0.502 e. The van der Waals surface area contributed by atoms with Crippen LogP contribution in [0, 0.1) is 6.92 Å². The zero-order chi connectivity index (χ0) is 9.42. The van der Waals surface area contributed by atoms with Gasteiger partial charge in [0.2, 0.25) is 5.75 Å². The van der Waals surface area contributed by atoms with Gasteiger partial charge in [-0.2, -0.15) is 0 Å². The SMILES string of the molecule is Cc1ccc2ncc(O)c(=O)n2c1. The average molecular weight is 176 g/mol. The second-order valence-corrected chi connectivity index (χ2v) is 2.88. The summed E-state index contributed by atoms with van der Waals surface area (Å²) in [6, 6.07) is 3.59. The van der Waals surface area contributed by atoms with Gasteiger partial charge in [0.15, 0.2) is 0 Å². The molecule has 0 aliphatic rings. The van der Waals surface area contributed by atoms with Crippen molar-refractivity contribution in [3.8, 4) is 5.75 Å². The van der Waals surface area contributed by atoms with E-state index in [0.717, 1.165) is 11.8 Å². The Morgan fingerprint density at radius 3 is 3.00 bits per heavy atom. The molecule has 66 valence electrons. The third-order valence-corrected chi connectivity index (χ3v) is 1.83. The van der Waals surface area contributed by atoms with Gasteiger partial charge in [-0.15, -0.1) is 0 Å². The van der Waals surface area contributed by atoms with Gasteiger partial charge in [-0.05, 0) is 18.6 Å². The largest absolute Gasteiger partial charge is 0.502 e. The fourth-order valence-electron chi connectivity index (χ4n) is 1.17. The summed E-state index contributed by atoms with van der Waals surface area (Å²) in [7, 11) is 0. The molecule has 13 heavy (non-hydrogen) atoms. The highest BCUT2D eigenvalue weighted by Crippen LogP contribution is 2.03. The Bertz CT molecular complexity index is 511. The Balaban J connectivity index is 2.97. The molecule has 0 unspecified atom stereocenters. The summed E-state index contributed by atoms with van der Waals surface area (Å²) >= 11 is 0. The van der Waals surface area contributed by atoms with E-state index in [9.17, 15) is 4.79 Å². The first-order chi connectivity index (χ1) is 6.18. The maximum atomic E-state index is 11.4. The van der Waals surface area contributed by atoms with Gasteiger partial charge in [-0.25, -0.2) is 4.98 Å². The van der Waals surface area contributed by atoms with Crippen molar-refractivity contribution in [2.24, 2.45) is 0 Å². The quantitative estimate of drug-likeness (QED) is 0.643. The Hall–Kier alpha value is -1.84. The Morgan fingerprint density at radius 2 is 2.23 bits per heavy atom. The molecule has 0 amide bonds. The van der Waals surface area contributed by atoms with Crippen molar-refractivity contribution < 1.29 is 5.11 Å². The van der Waals surface area contributed by atoms with Crippen LogP contribution in [-0.4, -0.2) is 14.5 Å². The number of fused-ring (bicyclic) bond motifs is 1. The van der Waals surface area contributed by atoms with Crippen molar-refractivity contribution in [2.45, 2.75) is 6.92 Å². The lowest BCUT2D eigenvalue weighted by Gasteiger charge is -2.00. The van der Waals surface area contributed by atoms with Gasteiger partial charge in [0.05, 0.1) is 6.20 Å². The molecule has 2 aromatic heterocycles. The third-order valence-electron chi connectivity index (χ3n) is 1.83. The van der Waals surface area contributed by atoms with E-state index in [1.807, 2.05) is 13.0 Å². The molecule has 0 saturated heterocycles. The van der Waals surface area contributed by atoms with Crippen LogP contribution >= 0.6 is 0 Å². The number of hydrogen-bond donors (Lipinski definition) is 1. The minimum absolute atomic E-state index is 0.330. The number of aromatic hydroxyl groups is 1. The van der Waals surface area contributed by atoms with Crippen molar-refractivity contribution in [1.29, 1.82) is 0 Å². The second kappa shape index (κ2) is 2.58. The molecule has 0 fully saturated rings. The Morgan fingerprint density at radius 1 is 1.46 bits per heavy atom. The van der Waals surface area contributed by atoms with E-state index < -0.39 is 5.56 Å². The van der Waals surface area contributed by atoms with Gasteiger partial charge in [-0.1, -0.05) is 6.07 Å². The smallest absolute Gasteiger partial charge is 0.300 e. The van der Waals surface area contributed by atoms with Crippen molar-refractivity contribution in [1.82, 2.24) is 9.38 Å². The highest BCUT2D eigenvalue weighted by atomic mass is 16.3. The molecule has 2 aromatic rings. The number of pyridine rings is 1. The second-order valence-electron chi connectivity index (χ2n) is 2.88. The van der Waals surface area contributed by atoms with Crippen LogP contribution in [0.25, 0.3) is 5.65 Å². The predicted octanol–water partition coefficient (Wildman–Crippen LogP) is 0.709. The molecule has 4 nitrogen and oxygen atoms in total. The molecule has 2 rings (SSSR count). The summed E-state index contributed by atoms with van der Waals surface area (Å²) in [5.41, 5.74) is 1.05. The monoisotopic (exact) mass is 176 g/mol. The first-order valence-electron chi connectivity index (χ1n) is 3.85. The first kappa shape index (κ1) is 7.79. The molecule has 0 aromatic carbocycles. The lowest BCUT2D eigenvalue weighted by atomic mass is 10.3. The number of hydrogen-bond acceptors (Lipinski definition) is 3. The maximum Gasteiger partial charge on any atom is 0.300 e. The molecule has 0 aliphatic carbocycles. The van der Waals surface area contributed by atoms with Gasteiger partial charge in [0, 0.05) is 6.20 Å². The molecular formula is C9H8N2O2. The van der Waals surface area contributed by atoms with E-state index in [2.05, 4.69) is 4.98 Å². The van der Waals surface area contributed by atoms with E-state index in [-0.39, 0.29) is 5.75 Å². The standard InChI is InChI=1S/C9H8N2O2/c1-6-2-3-8-10-4-7(12)9(13)11(8)5-6/h2-5,12H,1H3. The van der Waals surface area contributed by atoms with Gasteiger partial charge >= 0.3 is 0 Å². The fourth-order valence-corrected chi connectivity index (χ4v) is 1.17. The Labute approximate surface area is 74.1 Å². The van der Waals surface area contributed by atoms with E-state index in [1.165, 1.54) is 4.40 Å². The summed E-state index contributed by atoms with van der Waals surface area (Å²) in [5, 5.41) is 9.11. The number of nitrogens with zero attached hydrogens (tertiary/aromatic N) is 2. The van der Waals surface area contributed by atoms with Crippen molar-refractivity contribution in [3.63, 3.8) is 0 Å². The highest BCUT2D eigenvalue weighted by molar-refractivity contribution is 5.40. The molecule has 1 N–H and O–H groups in total. The lowest BCUT2D eigenvalue weighted by molar-refractivity contribution is 0.462. The minimum atomic E-state index is -0.436. The molecule has 0 aliphatic heterocycles. The average Bonchev–Trinajstić information content (AvgIpc) is 2.12. The van der Waals surface area contributed by atoms with E-state index in [1.54, 1.807) is 12.3 Å². The van der Waals surface area contributed by atoms with Gasteiger partial charge < -0.3 is 5.11 Å². The fraction of sp³-hybridized carbons (Fsp3) is 0.111. The summed E-state index contributed by atoms with van der Waals surface area (Å²) < 4.78 is 1.32. The van der Waals surface area contributed by atoms with Gasteiger partial charge in [-0.3, -0.25) is 9.20 Å². The van der Waals surface area contributed by atoms with Crippen molar-refractivity contribution in [2.75, 3.05) is 0 Å². The number of aryl methyl sites for hydroxylation is 1. The van der Waals surface area contributed by atoms with Crippen LogP contribution in [-0.2, 0) is 0 Å². The number of aromatic nitrogens is 2. The molecule has 0 radical (unpaired) electrons. The van der Waals surface area contributed by atoms with Crippen molar-refractivity contribution >= 4 is 5.65 Å². The molecule has 0 spiro atoms. The zero-order valence-electron chi connectivity index (χ0n) is 7.06. The molecule has 0 bridgehead atoms. The van der Waals surface area contributed by atoms with Crippen LogP contribution in [0.3, 0.4) is 0 Å². The summed E-state index contributed by atoms with van der Waals surface area (Å²) in [4.78, 5) is 15.2. The Kier molecular flexibility index (Phi) is 1.55. The molecule has 0 saturated carbocycles. The summed E-state index contributed by atoms with van der Waals surface area (Å²) in [6.45, 7) is 1.87. The molecule has 0 atom stereocenters. The summed E-state index contributed by atoms with van der Waals surface area (Å²) in [6.07, 6.45) is 2.80. The topological polar surface area (TPSA) is 54.6 Å². The zero-order valence-corrected chi connectivity index (χ0v) is 7.06. The van der Waals surface area contributed by atoms with E-state index in [0.29, 0.717) is 5.65 Å². The van der Waals surface area contributed by atoms with Crippen molar-refractivity contribution in [3.05, 3.63) is 40.4 Å². The lowest BCUT2D eigenvalue weighted by Crippen LogP contribution is -2.13. The molecular weight excluding hydrogens is 168 g/mol. The third kappa shape index (κ3) is 1.16. The molecule has 4 heteroatoms. The normalized spacial score (nSPS) is 10.5. The van der Waals surface area contributed by atoms with Crippen LogP contribution in [0.2, 0.25) is 0 Å².